The van der Waals surface area contributed by atoms with Crippen molar-refractivity contribution in [1.29, 1.82) is 0 Å². The molecule has 0 aromatic carbocycles. The second kappa shape index (κ2) is 1.90. The first-order valence-electron chi connectivity index (χ1n) is 2.53. The fourth-order valence-electron chi connectivity index (χ4n) is 0.560. The summed E-state index contributed by atoms with van der Waals surface area (Å²) >= 11 is 0. The van der Waals surface area contributed by atoms with Gasteiger partial charge in [-0.05, 0) is 10.4 Å². The third-order valence-electron chi connectivity index (χ3n) is 0.969. The quantitative estimate of drug-likeness (QED) is 0.579. The minimum Gasteiger partial charge on any atom is -0.429 e. The normalized spacial score (nSPS) is 10.0. The van der Waals surface area contributed by atoms with E-state index in [0.29, 0.717) is 11.6 Å². The van der Waals surface area contributed by atoms with Crippen LogP contribution < -0.4 is 0 Å². The van der Waals surface area contributed by atoms with E-state index < -0.39 is 0 Å². The fourth-order valence-corrected chi connectivity index (χ4v) is 0.560. The Bertz CT molecular complexity index is 253. The van der Waals surface area contributed by atoms with Crippen LogP contribution in [0.1, 0.15) is 0 Å². The molecule has 10 heavy (non-hydrogen) atoms. The minimum atomic E-state index is 0.453. The maximum atomic E-state index is 4.77. The van der Waals surface area contributed by atoms with Crippen molar-refractivity contribution in [2.75, 3.05) is 0 Å². The Morgan fingerprint density at radius 2 is 2.60 bits per heavy atom. The molecule has 0 amide bonds. The molecule has 0 aliphatic heterocycles. The van der Waals surface area contributed by atoms with Crippen molar-refractivity contribution in [1.82, 2.24) is 25.6 Å². The maximum Gasteiger partial charge on any atom is 0.284 e. The zero-order valence-electron chi connectivity index (χ0n) is 4.77. The molecule has 2 aromatic heterocycles. The second-order valence-electron chi connectivity index (χ2n) is 1.57. The third kappa shape index (κ3) is 0.661. The molecule has 49 valence electrons. The summed E-state index contributed by atoms with van der Waals surface area (Å²) in [5.41, 5.74) is 0. The highest BCUT2D eigenvalue weighted by atomic mass is 16.3. The van der Waals surface area contributed by atoms with Gasteiger partial charge in [-0.3, -0.25) is 0 Å². The van der Waals surface area contributed by atoms with Crippen molar-refractivity contribution in [3.05, 3.63) is 12.6 Å². The van der Waals surface area contributed by atoms with Crippen LogP contribution in [0.5, 0.6) is 0 Å². The Labute approximate surface area is 55.3 Å². The van der Waals surface area contributed by atoms with Crippen LogP contribution in [-0.2, 0) is 0 Å². The Hall–Kier alpha value is -1.72. The molecule has 1 N–H and O–H groups in total. The third-order valence-corrected chi connectivity index (χ3v) is 0.969. The van der Waals surface area contributed by atoms with Crippen LogP contribution in [0.4, 0.5) is 0 Å². The smallest absolute Gasteiger partial charge is 0.284 e. The first-order chi connectivity index (χ1) is 4.97. The molecule has 0 saturated heterocycles. The van der Waals surface area contributed by atoms with E-state index in [1.54, 1.807) is 0 Å². The van der Waals surface area contributed by atoms with Crippen molar-refractivity contribution in [3.8, 4) is 11.6 Å². The van der Waals surface area contributed by atoms with Gasteiger partial charge in [-0.15, -0.1) is 5.10 Å². The summed E-state index contributed by atoms with van der Waals surface area (Å²) < 4.78 is 4.77. The molecule has 0 bridgehead atoms. The van der Waals surface area contributed by atoms with Crippen molar-refractivity contribution in [2.24, 2.45) is 0 Å². The Morgan fingerprint density at radius 3 is 3.20 bits per heavy atom. The van der Waals surface area contributed by atoms with E-state index >= 15 is 0 Å². The van der Waals surface area contributed by atoms with Gasteiger partial charge in [0, 0.05) is 0 Å². The number of oxazole rings is 1. The lowest BCUT2D eigenvalue weighted by molar-refractivity contribution is 0.557. The van der Waals surface area contributed by atoms with Gasteiger partial charge in [0.05, 0.1) is 6.20 Å². The van der Waals surface area contributed by atoms with Crippen molar-refractivity contribution in [2.45, 2.75) is 0 Å². The van der Waals surface area contributed by atoms with E-state index in [9.17, 15) is 0 Å². The molecule has 0 aliphatic carbocycles. The monoisotopic (exact) mass is 136 g/mol. The number of aromatic nitrogens is 5. The predicted octanol–water partition coefficient (Wildman–Crippen LogP) is -0.345. The van der Waals surface area contributed by atoms with Gasteiger partial charge in [0.25, 0.3) is 6.39 Å². The number of rotatable bonds is 1. The van der Waals surface area contributed by atoms with Gasteiger partial charge < -0.3 is 4.42 Å². The number of nitrogens with zero attached hydrogens (tertiary/aromatic N) is 4. The molecule has 6 nitrogen and oxygen atoms in total. The number of nitrogens with one attached hydrogen (secondary N) is 1. The SMILES string of the molecule is [c]1ncc(-c2nnn[nH]2)o1. The average molecular weight is 136 g/mol. The highest BCUT2D eigenvalue weighted by Gasteiger charge is 2.03. The first-order valence-corrected chi connectivity index (χ1v) is 2.53. The van der Waals surface area contributed by atoms with E-state index in [4.69, 9.17) is 4.42 Å². The molecule has 0 spiro atoms. The Balaban J connectivity index is 2.48. The van der Waals surface area contributed by atoms with Gasteiger partial charge in [-0.25, -0.2) is 10.1 Å². The molecule has 6 heteroatoms. The standard InChI is InChI=1S/C4H2N5O/c1-3(10-2-5-1)4-6-8-9-7-4/h1H,(H,6,7,8,9). The van der Waals surface area contributed by atoms with E-state index in [1.807, 2.05) is 0 Å². The number of aromatic amines is 1. The van der Waals surface area contributed by atoms with Crippen LogP contribution in [0.3, 0.4) is 0 Å². The highest BCUT2D eigenvalue weighted by Crippen LogP contribution is 2.08. The Kier molecular flexibility index (Phi) is 0.970. The maximum absolute atomic E-state index is 4.77. The van der Waals surface area contributed by atoms with E-state index in [0.717, 1.165) is 0 Å². The molecule has 2 rings (SSSR count). The van der Waals surface area contributed by atoms with Gasteiger partial charge in [0.15, 0.2) is 5.76 Å². The molecular formula is C4H2N5O. The lowest BCUT2D eigenvalue weighted by Crippen LogP contribution is -1.75. The van der Waals surface area contributed by atoms with Crippen molar-refractivity contribution in [3.63, 3.8) is 0 Å². The minimum absolute atomic E-state index is 0.453. The van der Waals surface area contributed by atoms with Gasteiger partial charge in [-0.2, -0.15) is 0 Å². The molecule has 2 aromatic rings. The number of H-pyrrole nitrogens is 1. The second-order valence-corrected chi connectivity index (χ2v) is 1.57. The zero-order valence-corrected chi connectivity index (χ0v) is 4.77. The topological polar surface area (TPSA) is 80.5 Å². The average Bonchev–Trinajstić information content (AvgIpc) is 2.59. The van der Waals surface area contributed by atoms with E-state index in [-0.39, 0.29) is 0 Å². The van der Waals surface area contributed by atoms with Crippen LogP contribution >= 0.6 is 0 Å². The summed E-state index contributed by atoms with van der Waals surface area (Å²) in [6.45, 7) is 0. The van der Waals surface area contributed by atoms with Gasteiger partial charge in [0.2, 0.25) is 5.82 Å². The highest BCUT2D eigenvalue weighted by molar-refractivity contribution is 5.41. The summed E-state index contributed by atoms with van der Waals surface area (Å²) in [5.74, 6) is 0.929. The molecule has 0 unspecified atom stereocenters. The summed E-state index contributed by atoms with van der Waals surface area (Å²) in [7, 11) is 0. The van der Waals surface area contributed by atoms with E-state index in [1.165, 1.54) is 6.20 Å². The van der Waals surface area contributed by atoms with Crippen LogP contribution in [0.15, 0.2) is 10.6 Å². The molecule has 0 atom stereocenters. The summed E-state index contributed by atoms with van der Waals surface area (Å²) in [6, 6.07) is 0. The molecule has 0 fully saturated rings. The summed E-state index contributed by atoms with van der Waals surface area (Å²) in [4.78, 5) is 3.57. The molecular weight excluding hydrogens is 134 g/mol. The lowest BCUT2D eigenvalue weighted by Gasteiger charge is -1.79. The molecule has 2 heterocycles. The summed E-state index contributed by atoms with van der Waals surface area (Å²) in [6.07, 6.45) is 3.75. The Morgan fingerprint density at radius 1 is 1.60 bits per heavy atom. The van der Waals surface area contributed by atoms with Crippen LogP contribution in [0.25, 0.3) is 11.6 Å². The molecule has 0 aliphatic rings. The number of hydrogen-bond donors (Lipinski definition) is 1. The zero-order chi connectivity index (χ0) is 6.81. The number of tetrazole rings is 1. The van der Waals surface area contributed by atoms with Gasteiger partial charge >= 0.3 is 0 Å². The van der Waals surface area contributed by atoms with Crippen molar-refractivity contribution < 1.29 is 4.42 Å². The largest absolute Gasteiger partial charge is 0.429 e. The predicted molar refractivity (Wildman–Crippen MR) is 28.5 cm³/mol. The van der Waals surface area contributed by atoms with Gasteiger partial charge in [-0.1, -0.05) is 0 Å². The molecule has 0 saturated carbocycles. The fraction of sp³-hybridized carbons (Fsp3) is 0. The van der Waals surface area contributed by atoms with Gasteiger partial charge in [0.1, 0.15) is 0 Å². The molecule has 1 radical (unpaired) electrons. The first kappa shape index (κ1) is 5.10. The van der Waals surface area contributed by atoms with Crippen molar-refractivity contribution >= 4 is 0 Å². The van der Waals surface area contributed by atoms with E-state index in [2.05, 4.69) is 32.0 Å². The van der Waals surface area contributed by atoms with Crippen LogP contribution in [0, 0.1) is 6.39 Å². The summed E-state index contributed by atoms with van der Waals surface area (Å²) in [5, 5.41) is 12.8. The van der Waals surface area contributed by atoms with Crippen LogP contribution in [-0.4, -0.2) is 25.6 Å². The lowest BCUT2D eigenvalue weighted by atomic mass is 10.5. The number of hydrogen-bond acceptors (Lipinski definition) is 5. The van der Waals surface area contributed by atoms with Crippen LogP contribution in [0.2, 0.25) is 0 Å².